The molecule has 0 spiro atoms. The molecule has 0 aromatic rings. The predicted molar refractivity (Wildman–Crippen MR) is 45.4 cm³/mol. The van der Waals surface area contributed by atoms with E-state index >= 15 is 0 Å². The maximum Gasteiger partial charge on any atom is 0.196 e. The highest BCUT2D eigenvalue weighted by Gasteiger charge is 2.38. The van der Waals surface area contributed by atoms with Crippen LogP contribution in [-0.4, -0.2) is 18.0 Å². The van der Waals surface area contributed by atoms with Crippen LogP contribution in [0.1, 0.15) is 34.6 Å². The van der Waals surface area contributed by atoms with Gasteiger partial charge in [0.25, 0.3) is 0 Å². The lowest BCUT2D eigenvalue weighted by Crippen LogP contribution is -2.40. The van der Waals surface area contributed by atoms with Gasteiger partial charge >= 0.3 is 0 Å². The Morgan fingerprint density at radius 3 is 2.33 bits per heavy atom. The number of hydrogen-bond donors (Lipinski definition) is 0. The molecular formula is C9H18O3. The van der Waals surface area contributed by atoms with Crippen LogP contribution in [0, 0.1) is 5.92 Å². The first-order valence-corrected chi connectivity index (χ1v) is 4.34. The molecule has 3 nitrogen and oxygen atoms in total. The van der Waals surface area contributed by atoms with Gasteiger partial charge in [0.1, 0.15) is 0 Å². The molecule has 0 N–H and O–H groups in total. The number of hydrogen-bond acceptors (Lipinski definition) is 3. The van der Waals surface area contributed by atoms with Gasteiger partial charge in [-0.25, -0.2) is 9.78 Å². The van der Waals surface area contributed by atoms with Gasteiger partial charge in [0, 0.05) is 5.92 Å². The van der Waals surface area contributed by atoms with Crippen LogP contribution in [0.5, 0.6) is 0 Å². The lowest BCUT2D eigenvalue weighted by molar-refractivity contribution is -0.411. The molecule has 3 heteroatoms. The molecule has 0 amide bonds. The average molecular weight is 174 g/mol. The van der Waals surface area contributed by atoms with Gasteiger partial charge in [-0.3, -0.25) is 0 Å². The van der Waals surface area contributed by atoms with Gasteiger partial charge in [0.2, 0.25) is 0 Å². The Morgan fingerprint density at radius 2 is 1.75 bits per heavy atom. The Bertz CT molecular complexity index is 163. The third-order valence-electron chi connectivity index (χ3n) is 2.27. The van der Waals surface area contributed by atoms with Crippen molar-refractivity contribution in [1.82, 2.24) is 0 Å². The molecule has 1 fully saturated rings. The first-order valence-electron chi connectivity index (χ1n) is 4.34. The van der Waals surface area contributed by atoms with E-state index < -0.39 is 5.79 Å². The van der Waals surface area contributed by atoms with Crippen molar-refractivity contribution in [3.05, 3.63) is 0 Å². The third kappa shape index (κ3) is 2.19. The van der Waals surface area contributed by atoms with Crippen LogP contribution in [0.2, 0.25) is 0 Å². The number of rotatable bonds is 0. The number of ether oxygens (including phenoxy) is 1. The summed E-state index contributed by atoms with van der Waals surface area (Å²) in [6, 6.07) is 0. The van der Waals surface area contributed by atoms with Gasteiger partial charge in [-0.1, -0.05) is 6.92 Å². The van der Waals surface area contributed by atoms with E-state index in [-0.39, 0.29) is 5.60 Å². The minimum Gasteiger partial charge on any atom is -0.341 e. The molecule has 1 rings (SSSR count). The van der Waals surface area contributed by atoms with E-state index in [1.165, 1.54) is 0 Å². The van der Waals surface area contributed by atoms with Crippen molar-refractivity contribution in [3.63, 3.8) is 0 Å². The largest absolute Gasteiger partial charge is 0.341 e. The Balaban J connectivity index is 2.73. The normalized spacial score (nSPS) is 34.2. The highest BCUT2D eigenvalue weighted by atomic mass is 17.2. The first-order chi connectivity index (χ1) is 5.33. The van der Waals surface area contributed by atoms with E-state index in [4.69, 9.17) is 14.5 Å². The summed E-state index contributed by atoms with van der Waals surface area (Å²) >= 11 is 0. The quantitative estimate of drug-likeness (QED) is 0.526. The van der Waals surface area contributed by atoms with Crippen molar-refractivity contribution in [2.24, 2.45) is 5.92 Å². The van der Waals surface area contributed by atoms with Crippen molar-refractivity contribution in [2.75, 3.05) is 6.61 Å². The topological polar surface area (TPSA) is 27.7 Å². The molecule has 0 bridgehead atoms. The summed E-state index contributed by atoms with van der Waals surface area (Å²) in [6.07, 6.45) is 0. The monoisotopic (exact) mass is 174 g/mol. The van der Waals surface area contributed by atoms with Crippen molar-refractivity contribution in [2.45, 2.75) is 46.0 Å². The molecule has 1 atom stereocenters. The summed E-state index contributed by atoms with van der Waals surface area (Å²) in [6.45, 7) is 10.5. The summed E-state index contributed by atoms with van der Waals surface area (Å²) in [5.41, 5.74) is -0.194. The molecule has 1 saturated heterocycles. The molecule has 0 aromatic carbocycles. The standard InChI is InChI=1S/C9H18O3/c1-7-6-10-12-9(4,5)11-8(7,2)3/h7H,6H2,1-5H3. The second-order valence-corrected chi connectivity index (χ2v) is 4.37. The Hall–Kier alpha value is -0.120. The maximum absolute atomic E-state index is 5.75. The summed E-state index contributed by atoms with van der Waals surface area (Å²) < 4.78 is 5.75. The van der Waals surface area contributed by atoms with Crippen molar-refractivity contribution in [1.29, 1.82) is 0 Å². The second kappa shape index (κ2) is 2.98. The molecule has 1 unspecified atom stereocenters. The maximum atomic E-state index is 5.75. The molecule has 72 valence electrons. The van der Waals surface area contributed by atoms with Crippen LogP contribution in [0.4, 0.5) is 0 Å². The van der Waals surface area contributed by atoms with Crippen molar-refractivity contribution >= 4 is 0 Å². The molecule has 0 aromatic heterocycles. The van der Waals surface area contributed by atoms with Gasteiger partial charge in [-0.05, 0) is 27.7 Å². The third-order valence-corrected chi connectivity index (χ3v) is 2.27. The second-order valence-electron chi connectivity index (χ2n) is 4.37. The summed E-state index contributed by atoms with van der Waals surface area (Å²) in [5, 5.41) is 0. The van der Waals surface area contributed by atoms with Crippen LogP contribution in [0.3, 0.4) is 0 Å². The Morgan fingerprint density at radius 1 is 1.17 bits per heavy atom. The summed E-state index contributed by atoms with van der Waals surface area (Å²) in [4.78, 5) is 10.1. The average Bonchev–Trinajstić information content (AvgIpc) is 1.90. The minimum atomic E-state index is -0.645. The zero-order valence-electron chi connectivity index (χ0n) is 8.51. The molecule has 1 aliphatic heterocycles. The fourth-order valence-electron chi connectivity index (χ4n) is 1.23. The molecule has 0 saturated carbocycles. The first kappa shape index (κ1) is 9.96. The molecule has 0 radical (unpaired) electrons. The SMILES string of the molecule is CC1COOC(C)(C)OC1(C)C. The zero-order valence-corrected chi connectivity index (χ0v) is 8.51. The van der Waals surface area contributed by atoms with Crippen LogP contribution in [0.15, 0.2) is 0 Å². The minimum absolute atomic E-state index is 0.194. The van der Waals surface area contributed by atoms with Crippen molar-refractivity contribution < 1.29 is 14.5 Å². The van der Waals surface area contributed by atoms with E-state index in [0.29, 0.717) is 12.5 Å². The van der Waals surface area contributed by atoms with Crippen LogP contribution in [0.25, 0.3) is 0 Å². The highest BCUT2D eigenvalue weighted by Crippen LogP contribution is 2.31. The predicted octanol–water partition coefficient (Wildman–Crippen LogP) is 2.12. The van der Waals surface area contributed by atoms with Crippen LogP contribution < -0.4 is 0 Å². The highest BCUT2D eigenvalue weighted by molar-refractivity contribution is 4.79. The lowest BCUT2D eigenvalue weighted by atomic mass is 9.93. The van der Waals surface area contributed by atoms with E-state index in [9.17, 15) is 0 Å². The Labute approximate surface area is 73.9 Å². The van der Waals surface area contributed by atoms with Gasteiger partial charge in [0.05, 0.1) is 12.2 Å². The van der Waals surface area contributed by atoms with E-state index in [1.807, 2.05) is 13.8 Å². The van der Waals surface area contributed by atoms with Crippen LogP contribution >= 0.6 is 0 Å². The Kier molecular flexibility index (Phi) is 2.47. The van der Waals surface area contributed by atoms with Crippen LogP contribution in [-0.2, 0) is 14.5 Å². The van der Waals surface area contributed by atoms with Gasteiger partial charge in [-0.15, -0.1) is 0 Å². The van der Waals surface area contributed by atoms with Crippen molar-refractivity contribution in [3.8, 4) is 0 Å². The molecular weight excluding hydrogens is 156 g/mol. The molecule has 12 heavy (non-hydrogen) atoms. The smallest absolute Gasteiger partial charge is 0.196 e. The fourth-order valence-corrected chi connectivity index (χ4v) is 1.23. The summed E-state index contributed by atoms with van der Waals surface area (Å²) in [7, 11) is 0. The zero-order chi connectivity index (χ0) is 9.41. The van der Waals surface area contributed by atoms with Gasteiger partial charge in [0.15, 0.2) is 5.79 Å². The molecule has 1 heterocycles. The fraction of sp³-hybridized carbons (Fsp3) is 1.00. The van der Waals surface area contributed by atoms with E-state index in [0.717, 1.165) is 0 Å². The van der Waals surface area contributed by atoms with E-state index in [1.54, 1.807) is 0 Å². The molecule has 0 aliphatic carbocycles. The molecule has 1 aliphatic rings. The van der Waals surface area contributed by atoms with Gasteiger partial charge in [-0.2, -0.15) is 0 Å². The van der Waals surface area contributed by atoms with E-state index in [2.05, 4.69) is 20.8 Å². The lowest BCUT2D eigenvalue weighted by Gasteiger charge is -2.33. The summed E-state index contributed by atoms with van der Waals surface area (Å²) in [5.74, 6) is -0.312. The van der Waals surface area contributed by atoms with Gasteiger partial charge < -0.3 is 4.74 Å².